The van der Waals surface area contributed by atoms with Gasteiger partial charge in [-0.15, -0.1) is 0 Å². The third kappa shape index (κ3) is 3.05. The van der Waals surface area contributed by atoms with Gasteiger partial charge < -0.3 is 5.73 Å². The lowest BCUT2D eigenvalue weighted by molar-refractivity contribution is 0.771. The van der Waals surface area contributed by atoms with Crippen LogP contribution in [-0.4, -0.2) is 9.97 Å². The Balaban J connectivity index is 1.82. The van der Waals surface area contributed by atoms with E-state index in [9.17, 15) is 0 Å². The summed E-state index contributed by atoms with van der Waals surface area (Å²) in [6, 6.07) is 10.4. The van der Waals surface area contributed by atoms with Gasteiger partial charge in [-0.1, -0.05) is 30.3 Å². The average molecular weight is 213 g/mol. The first-order valence-electron chi connectivity index (χ1n) is 5.45. The third-order valence-electron chi connectivity index (χ3n) is 2.43. The zero-order valence-corrected chi connectivity index (χ0v) is 9.13. The van der Waals surface area contributed by atoms with Gasteiger partial charge in [0.2, 0.25) is 0 Å². The minimum Gasteiger partial charge on any atom is -0.396 e. The van der Waals surface area contributed by atoms with E-state index >= 15 is 0 Å². The number of nitrogens with zero attached hydrogens (tertiary/aromatic N) is 2. The number of benzene rings is 1. The lowest BCUT2D eigenvalue weighted by atomic mass is 10.1. The topological polar surface area (TPSA) is 51.8 Å². The second-order valence-corrected chi connectivity index (χ2v) is 3.77. The number of aromatic nitrogens is 2. The summed E-state index contributed by atoms with van der Waals surface area (Å²) >= 11 is 0. The summed E-state index contributed by atoms with van der Waals surface area (Å²) in [4.78, 5) is 8.35. The minimum absolute atomic E-state index is 0.617. The first-order valence-corrected chi connectivity index (χ1v) is 5.45. The molecule has 0 bridgehead atoms. The Morgan fingerprint density at radius 1 is 0.938 bits per heavy atom. The Kier molecular flexibility index (Phi) is 3.49. The van der Waals surface area contributed by atoms with E-state index in [2.05, 4.69) is 34.2 Å². The van der Waals surface area contributed by atoms with Crippen LogP contribution < -0.4 is 5.73 Å². The molecule has 1 heterocycles. The van der Waals surface area contributed by atoms with E-state index in [1.54, 1.807) is 12.4 Å². The summed E-state index contributed by atoms with van der Waals surface area (Å²) in [6.07, 6.45) is 6.34. The van der Waals surface area contributed by atoms with Crippen molar-refractivity contribution in [2.45, 2.75) is 19.3 Å². The normalized spacial score (nSPS) is 10.2. The van der Waals surface area contributed by atoms with E-state index in [0.29, 0.717) is 5.69 Å². The van der Waals surface area contributed by atoms with Gasteiger partial charge in [-0.2, -0.15) is 0 Å². The van der Waals surface area contributed by atoms with Gasteiger partial charge in [0.1, 0.15) is 5.82 Å². The van der Waals surface area contributed by atoms with Gasteiger partial charge in [0, 0.05) is 6.42 Å². The highest BCUT2D eigenvalue weighted by Gasteiger charge is 1.97. The quantitative estimate of drug-likeness (QED) is 0.847. The molecule has 82 valence electrons. The lowest BCUT2D eigenvalue weighted by Gasteiger charge is -2.01. The molecule has 0 aliphatic rings. The van der Waals surface area contributed by atoms with Crippen molar-refractivity contribution in [2.24, 2.45) is 0 Å². The third-order valence-corrected chi connectivity index (χ3v) is 2.43. The van der Waals surface area contributed by atoms with Gasteiger partial charge in [-0.05, 0) is 18.4 Å². The van der Waals surface area contributed by atoms with Crippen molar-refractivity contribution < 1.29 is 0 Å². The van der Waals surface area contributed by atoms with Crippen molar-refractivity contribution in [3.05, 3.63) is 54.1 Å². The monoisotopic (exact) mass is 213 g/mol. The Morgan fingerprint density at radius 2 is 1.62 bits per heavy atom. The van der Waals surface area contributed by atoms with E-state index in [1.807, 2.05) is 6.07 Å². The van der Waals surface area contributed by atoms with Crippen molar-refractivity contribution >= 4 is 5.69 Å². The van der Waals surface area contributed by atoms with Crippen LogP contribution in [-0.2, 0) is 12.8 Å². The highest BCUT2D eigenvalue weighted by molar-refractivity contribution is 5.30. The molecule has 2 aromatic rings. The number of hydrogen-bond donors (Lipinski definition) is 1. The van der Waals surface area contributed by atoms with E-state index < -0.39 is 0 Å². The first kappa shape index (κ1) is 10.6. The molecule has 0 saturated carbocycles. The van der Waals surface area contributed by atoms with Gasteiger partial charge in [-0.3, -0.25) is 0 Å². The molecule has 2 rings (SSSR count). The van der Waals surface area contributed by atoms with Crippen LogP contribution in [0.25, 0.3) is 0 Å². The molecular formula is C13H15N3. The first-order chi connectivity index (χ1) is 7.84. The maximum absolute atomic E-state index is 5.52. The van der Waals surface area contributed by atoms with Gasteiger partial charge in [0.15, 0.2) is 0 Å². The highest BCUT2D eigenvalue weighted by Crippen LogP contribution is 2.05. The van der Waals surface area contributed by atoms with Crippen LogP contribution in [0.5, 0.6) is 0 Å². The number of anilines is 1. The van der Waals surface area contributed by atoms with Crippen molar-refractivity contribution in [3.63, 3.8) is 0 Å². The molecule has 0 aliphatic heterocycles. The fourth-order valence-electron chi connectivity index (χ4n) is 1.59. The number of rotatable bonds is 4. The molecular weight excluding hydrogens is 198 g/mol. The summed E-state index contributed by atoms with van der Waals surface area (Å²) in [5.74, 6) is 0.866. The second kappa shape index (κ2) is 5.26. The van der Waals surface area contributed by atoms with Crippen LogP contribution in [0.2, 0.25) is 0 Å². The molecule has 0 atom stereocenters. The smallest absolute Gasteiger partial charge is 0.128 e. The molecule has 0 amide bonds. The van der Waals surface area contributed by atoms with Crippen molar-refractivity contribution in [2.75, 3.05) is 5.73 Å². The van der Waals surface area contributed by atoms with Gasteiger partial charge in [0.25, 0.3) is 0 Å². The van der Waals surface area contributed by atoms with Crippen LogP contribution in [0, 0.1) is 0 Å². The van der Waals surface area contributed by atoms with Crippen LogP contribution in [0.1, 0.15) is 17.8 Å². The Morgan fingerprint density at radius 3 is 2.31 bits per heavy atom. The van der Waals surface area contributed by atoms with E-state index in [1.165, 1.54) is 5.56 Å². The Labute approximate surface area is 95.4 Å². The number of aryl methyl sites for hydroxylation is 2. The van der Waals surface area contributed by atoms with Crippen LogP contribution in [0.15, 0.2) is 42.7 Å². The fourth-order valence-corrected chi connectivity index (χ4v) is 1.59. The predicted octanol–water partition coefficient (Wildman–Crippen LogP) is 2.23. The fraction of sp³-hybridized carbons (Fsp3) is 0.231. The Bertz CT molecular complexity index is 423. The van der Waals surface area contributed by atoms with Crippen molar-refractivity contribution in [1.82, 2.24) is 9.97 Å². The molecule has 1 aromatic heterocycles. The molecule has 0 radical (unpaired) electrons. The summed E-state index contributed by atoms with van der Waals surface area (Å²) in [6.45, 7) is 0. The molecule has 16 heavy (non-hydrogen) atoms. The second-order valence-electron chi connectivity index (χ2n) is 3.77. The largest absolute Gasteiger partial charge is 0.396 e. The van der Waals surface area contributed by atoms with Crippen molar-refractivity contribution in [3.8, 4) is 0 Å². The zero-order chi connectivity index (χ0) is 11.2. The summed E-state index contributed by atoms with van der Waals surface area (Å²) in [7, 11) is 0. The zero-order valence-electron chi connectivity index (χ0n) is 9.13. The highest BCUT2D eigenvalue weighted by atomic mass is 14.9. The standard InChI is InChI=1S/C13H15N3/c14-12-9-15-13(16-10-12)8-4-7-11-5-2-1-3-6-11/h1-3,5-6,9-10H,4,7-8,14H2. The molecule has 0 saturated heterocycles. The summed E-state index contributed by atoms with van der Waals surface area (Å²) in [5.41, 5.74) is 7.50. The number of hydrogen-bond acceptors (Lipinski definition) is 3. The van der Waals surface area contributed by atoms with Crippen LogP contribution in [0.3, 0.4) is 0 Å². The Hall–Kier alpha value is -1.90. The van der Waals surface area contributed by atoms with Crippen molar-refractivity contribution in [1.29, 1.82) is 0 Å². The molecule has 2 N–H and O–H groups in total. The SMILES string of the molecule is Nc1cnc(CCCc2ccccc2)nc1. The minimum atomic E-state index is 0.617. The molecule has 1 aromatic carbocycles. The molecule has 3 nitrogen and oxygen atoms in total. The average Bonchev–Trinajstić information content (AvgIpc) is 2.33. The lowest BCUT2D eigenvalue weighted by Crippen LogP contribution is -1.98. The predicted molar refractivity (Wildman–Crippen MR) is 64.9 cm³/mol. The maximum Gasteiger partial charge on any atom is 0.128 e. The molecule has 0 aliphatic carbocycles. The molecule has 0 spiro atoms. The molecule has 0 fully saturated rings. The van der Waals surface area contributed by atoms with Gasteiger partial charge >= 0.3 is 0 Å². The number of nitrogens with two attached hydrogens (primary N) is 1. The van der Waals surface area contributed by atoms with Crippen LogP contribution >= 0.6 is 0 Å². The summed E-state index contributed by atoms with van der Waals surface area (Å²) < 4.78 is 0. The van der Waals surface area contributed by atoms with E-state index in [-0.39, 0.29) is 0 Å². The van der Waals surface area contributed by atoms with Gasteiger partial charge in [0.05, 0.1) is 18.1 Å². The molecule has 0 unspecified atom stereocenters. The number of nitrogen functional groups attached to an aromatic ring is 1. The van der Waals surface area contributed by atoms with E-state index in [4.69, 9.17) is 5.73 Å². The van der Waals surface area contributed by atoms with Crippen LogP contribution in [0.4, 0.5) is 5.69 Å². The van der Waals surface area contributed by atoms with Gasteiger partial charge in [-0.25, -0.2) is 9.97 Å². The summed E-state index contributed by atoms with van der Waals surface area (Å²) in [5, 5.41) is 0. The molecule has 3 heteroatoms. The maximum atomic E-state index is 5.52. The van der Waals surface area contributed by atoms with E-state index in [0.717, 1.165) is 25.1 Å².